The summed E-state index contributed by atoms with van der Waals surface area (Å²) in [6.07, 6.45) is 2.95. The van der Waals surface area contributed by atoms with Gasteiger partial charge in [-0.2, -0.15) is 0 Å². The number of hydrogen-bond donors (Lipinski definition) is 2. The van der Waals surface area contributed by atoms with E-state index in [0.29, 0.717) is 12.8 Å². The molecule has 2 unspecified atom stereocenters. The molecule has 0 saturated heterocycles. The van der Waals surface area contributed by atoms with Gasteiger partial charge in [0, 0.05) is 11.6 Å². The first-order valence-corrected chi connectivity index (χ1v) is 7.27. The standard InChI is InChI=1S/C14H15BrFNO3/c15-10-6-5-8(7-11(10)16)13(18)17-12-4-2-1-3-9(12)14(19)20/h5-7,9,12H,1-4H2,(H,17,18)(H,19,20). The van der Waals surface area contributed by atoms with Crippen LogP contribution in [0.4, 0.5) is 4.39 Å². The van der Waals surface area contributed by atoms with E-state index in [4.69, 9.17) is 5.11 Å². The third kappa shape index (κ3) is 3.36. The maximum Gasteiger partial charge on any atom is 0.308 e. The molecule has 0 radical (unpaired) electrons. The second-order valence-electron chi connectivity index (χ2n) is 4.94. The Bertz CT molecular complexity index is 535. The predicted octanol–water partition coefficient (Wildman–Crippen LogP) is 2.96. The van der Waals surface area contributed by atoms with Gasteiger partial charge < -0.3 is 10.4 Å². The van der Waals surface area contributed by atoms with E-state index in [1.54, 1.807) is 0 Å². The zero-order valence-electron chi connectivity index (χ0n) is 10.7. The Hall–Kier alpha value is -1.43. The van der Waals surface area contributed by atoms with Gasteiger partial charge in [-0.15, -0.1) is 0 Å². The number of hydrogen-bond acceptors (Lipinski definition) is 2. The quantitative estimate of drug-likeness (QED) is 0.886. The summed E-state index contributed by atoms with van der Waals surface area (Å²) < 4.78 is 13.7. The molecule has 6 heteroatoms. The first kappa shape index (κ1) is 15.0. The van der Waals surface area contributed by atoms with E-state index < -0.39 is 23.6 Å². The van der Waals surface area contributed by atoms with Crippen molar-refractivity contribution in [1.29, 1.82) is 0 Å². The number of carbonyl (C=O) groups is 2. The van der Waals surface area contributed by atoms with Crippen molar-refractivity contribution in [2.45, 2.75) is 31.7 Å². The number of nitrogens with one attached hydrogen (secondary N) is 1. The summed E-state index contributed by atoms with van der Waals surface area (Å²) in [5, 5.41) is 11.9. The lowest BCUT2D eigenvalue weighted by molar-refractivity contribution is -0.143. The van der Waals surface area contributed by atoms with E-state index in [9.17, 15) is 14.0 Å². The minimum atomic E-state index is -0.892. The molecule has 2 N–H and O–H groups in total. The maximum atomic E-state index is 13.4. The number of amides is 1. The van der Waals surface area contributed by atoms with Crippen LogP contribution < -0.4 is 5.32 Å². The van der Waals surface area contributed by atoms with Gasteiger partial charge in [-0.05, 0) is 47.0 Å². The van der Waals surface area contributed by atoms with Crippen LogP contribution in [0, 0.1) is 11.7 Å². The molecule has 1 aliphatic carbocycles. The zero-order chi connectivity index (χ0) is 14.7. The molecule has 1 saturated carbocycles. The minimum absolute atomic E-state index is 0.195. The SMILES string of the molecule is O=C(NC1CCCCC1C(=O)O)c1ccc(Br)c(F)c1. The summed E-state index contributed by atoms with van der Waals surface area (Å²) in [5.74, 6) is -2.41. The monoisotopic (exact) mass is 343 g/mol. The van der Waals surface area contributed by atoms with Gasteiger partial charge in [0.2, 0.25) is 0 Å². The molecular formula is C14H15BrFNO3. The fourth-order valence-corrected chi connectivity index (χ4v) is 2.73. The number of rotatable bonds is 3. The van der Waals surface area contributed by atoms with Crippen LogP contribution in [0.3, 0.4) is 0 Å². The molecule has 0 aromatic heterocycles. The molecular weight excluding hydrogens is 329 g/mol. The molecule has 4 nitrogen and oxygen atoms in total. The Morgan fingerprint density at radius 1 is 1.30 bits per heavy atom. The maximum absolute atomic E-state index is 13.4. The van der Waals surface area contributed by atoms with Gasteiger partial charge in [0.25, 0.3) is 5.91 Å². The van der Waals surface area contributed by atoms with E-state index >= 15 is 0 Å². The fraction of sp³-hybridized carbons (Fsp3) is 0.429. The number of benzene rings is 1. The number of halogens is 2. The van der Waals surface area contributed by atoms with E-state index in [2.05, 4.69) is 21.2 Å². The third-order valence-corrected chi connectivity index (χ3v) is 4.22. The highest BCUT2D eigenvalue weighted by Crippen LogP contribution is 2.25. The Morgan fingerprint density at radius 2 is 2.00 bits per heavy atom. The molecule has 1 aromatic rings. The van der Waals surface area contributed by atoms with Crippen LogP contribution in [0.15, 0.2) is 22.7 Å². The van der Waals surface area contributed by atoms with Gasteiger partial charge in [0.1, 0.15) is 5.82 Å². The van der Waals surface area contributed by atoms with E-state index in [0.717, 1.165) is 18.9 Å². The highest BCUT2D eigenvalue weighted by molar-refractivity contribution is 9.10. The number of carbonyl (C=O) groups excluding carboxylic acids is 1. The molecule has 0 bridgehead atoms. The highest BCUT2D eigenvalue weighted by atomic mass is 79.9. The van der Waals surface area contributed by atoms with Gasteiger partial charge in [0.05, 0.1) is 10.4 Å². The topological polar surface area (TPSA) is 66.4 Å². The summed E-state index contributed by atoms with van der Waals surface area (Å²) in [5.41, 5.74) is 0.195. The second-order valence-corrected chi connectivity index (χ2v) is 5.79. The van der Waals surface area contributed by atoms with Gasteiger partial charge in [-0.1, -0.05) is 12.8 Å². The summed E-state index contributed by atoms with van der Waals surface area (Å²) in [6, 6.07) is 3.71. The molecule has 20 heavy (non-hydrogen) atoms. The van der Waals surface area contributed by atoms with Crippen LogP contribution in [-0.2, 0) is 4.79 Å². The summed E-state index contributed by atoms with van der Waals surface area (Å²) in [6.45, 7) is 0. The first-order valence-electron chi connectivity index (χ1n) is 6.48. The van der Waals surface area contributed by atoms with Crippen LogP contribution in [0.2, 0.25) is 0 Å². The van der Waals surface area contributed by atoms with Gasteiger partial charge in [-0.25, -0.2) is 4.39 Å². The van der Waals surface area contributed by atoms with Crippen LogP contribution in [0.5, 0.6) is 0 Å². The first-order chi connectivity index (χ1) is 9.49. The minimum Gasteiger partial charge on any atom is -0.481 e. The van der Waals surface area contributed by atoms with E-state index in [1.165, 1.54) is 12.1 Å². The van der Waals surface area contributed by atoms with Crippen molar-refractivity contribution >= 4 is 27.8 Å². The Balaban J connectivity index is 2.09. The Labute approximate surface area is 124 Å². The summed E-state index contributed by atoms with van der Waals surface area (Å²) >= 11 is 3.02. The molecule has 1 amide bonds. The van der Waals surface area contributed by atoms with Crippen molar-refractivity contribution in [2.75, 3.05) is 0 Å². The van der Waals surface area contributed by atoms with Crippen molar-refractivity contribution in [3.05, 3.63) is 34.1 Å². The van der Waals surface area contributed by atoms with Crippen LogP contribution in [0.25, 0.3) is 0 Å². The van der Waals surface area contributed by atoms with Crippen molar-refractivity contribution < 1.29 is 19.1 Å². The molecule has 1 aliphatic rings. The summed E-state index contributed by atoms with van der Waals surface area (Å²) in [7, 11) is 0. The van der Waals surface area contributed by atoms with Gasteiger partial charge in [0.15, 0.2) is 0 Å². The molecule has 0 heterocycles. The molecule has 108 valence electrons. The smallest absolute Gasteiger partial charge is 0.308 e. The van der Waals surface area contributed by atoms with Crippen LogP contribution in [-0.4, -0.2) is 23.0 Å². The van der Waals surface area contributed by atoms with E-state index in [1.807, 2.05) is 0 Å². The van der Waals surface area contributed by atoms with Crippen LogP contribution >= 0.6 is 15.9 Å². The third-order valence-electron chi connectivity index (χ3n) is 3.58. The van der Waals surface area contributed by atoms with Crippen molar-refractivity contribution in [1.82, 2.24) is 5.32 Å². The largest absolute Gasteiger partial charge is 0.481 e. The lowest BCUT2D eigenvalue weighted by atomic mass is 9.84. The molecule has 0 spiro atoms. The summed E-state index contributed by atoms with van der Waals surface area (Å²) in [4.78, 5) is 23.2. The lowest BCUT2D eigenvalue weighted by Crippen LogP contribution is -2.45. The highest BCUT2D eigenvalue weighted by Gasteiger charge is 2.32. The Morgan fingerprint density at radius 3 is 2.65 bits per heavy atom. The average molecular weight is 344 g/mol. The zero-order valence-corrected chi connectivity index (χ0v) is 12.3. The van der Waals surface area contributed by atoms with Crippen molar-refractivity contribution in [3.8, 4) is 0 Å². The van der Waals surface area contributed by atoms with E-state index in [-0.39, 0.29) is 16.1 Å². The molecule has 0 aliphatic heterocycles. The molecule has 2 rings (SSSR count). The molecule has 1 aromatic carbocycles. The number of carboxylic acids is 1. The Kier molecular flexibility index (Phi) is 4.75. The molecule has 2 atom stereocenters. The average Bonchev–Trinajstić information content (AvgIpc) is 2.42. The molecule has 1 fully saturated rings. The lowest BCUT2D eigenvalue weighted by Gasteiger charge is -2.29. The second kappa shape index (κ2) is 6.35. The van der Waals surface area contributed by atoms with Crippen molar-refractivity contribution in [2.24, 2.45) is 5.92 Å². The fourth-order valence-electron chi connectivity index (χ4n) is 2.49. The normalized spacial score (nSPS) is 22.3. The number of carboxylic acid groups (broad SMARTS) is 1. The predicted molar refractivity (Wildman–Crippen MR) is 74.9 cm³/mol. The van der Waals surface area contributed by atoms with Gasteiger partial charge >= 0.3 is 5.97 Å². The van der Waals surface area contributed by atoms with Crippen LogP contribution in [0.1, 0.15) is 36.0 Å². The van der Waals surface area contributed by atoms with Crippen molar-refractivity contribution in [3.63, 3.8) is 0 Å². The van der Waals surface area contributed by atoms with Gasteiger partial charge in [-0.3, -0.25) is 9.59 Å². The number of aliphatic carboxylic acids is 1.